The Kier molecular flexibility index (Phi) is 4.08. The highest BCUT2D eigenvalue weighted by atomic mass is 32.1. The van der Waals surface area contributed by atoms with E-state index in [2.05, 4.69) is 16.4 Å². The number of hydrogen-bond acceptors (Lipinski definition) is 6. The Balaban J connectivity index is 1.74. The Labute approximate surface area is 159 Å². The highest BCUT2D eigenvalue weighted by molar-refractivity contribution is 7.14. The van der Waals surface area contributed by atoms with Crippen LogP contribution >= 0.6 is 11.3 Å². The van der Waals surface area contributed by atoms with Gasteiger partial charge in [-0.2, -0.15) is 9.65 Å². The zero-order chi connectivity index (χ0) is 19.2. The van der Waals surface area contributed by atoms with E-state index in [-0.39, 0.29) is 5.13 Å². The number of likely N-dealkylation sites (tertiary alicyclic amines) is 1. The molecule has 9 heteroatoms. The van der Waals surface area contributed by atoms with Crippen molar-refractivity contribution >= 4 is 34.0 Å². The molecule has 2 amide bonds. The largest absolute Gasteiger partial charge is 0.351 e. The first-order valence-electron chi connectivity index (χ1n) is 8.42. The van der Waals surface area contributed by atoms with E-state index >= 15 is 0 Å². The second-order valence-corrected chi connectivity index (χ2v) is 7.67. The van der Waals surface area contributed by atoms with Gasteiger partial charge in [-0.3, -0.25) is 9.59 Å². The molecule has 1 atom stereocenters. The van der Waals surface area contributed by atoms with Gasteiger partial charge in [0.1, 0.15) is 0 Å². The molecule has 2 aliphatic heterocycles. The van der Waals surface area contributed by atoms with Gasteiger partial charge in [0, 0.05) is 37.8 Å². The number of carbonyl (C=O) groups is 2. The van der Waals surface area contributed by atoms with Crippen molar-refractivity contribution in [3.05, 3.63) is 40.7 Å². The highest BCUT2D eigenvalue weighted by Gasteiger charge is 2.49. The summed E-state index contributed by atoms with van der Waals surface area (Å²) in [4.78, 5) is 31.6. The molecule has 0 saturated carbocycles. The number of benzene rings is 1. The van der Waals surface area contributed by atoms with Crippen molar-refractivity contribution in [2.75, 3.05) is 31.6 Å². The Morgan fingerprint density at radius 2 is 2.22 bits per heavy atom. The molecule has 138 valence electrons. The number of rotatable bonds is 1. The maximum absolute atomic E-state index is 13.5. The average Bonchev–Trinajstić information content (AvgIpc) is 3.39. The second kappa shape index (κ2) is 6.32. The zero-order valence-corrected chi connectivity index (χ0v) is 15.3. The van der Waals surface area contributed by atoms with Crippen LogP contribution in [0.1, 0.15) is 17.5 Å². The van der Waals surface area contributed by atoms with Crippen LogP contribution in [0.3, 0.4) is 0 Å². The predicted molar refractivity (Wildman–Crippen MR) is 97.2 cm³/mol. The molecule has 0 aliphatic carbocycles. The molecule has 3 heterocycles. The van der Waals surface area contributed by atoms with Crippen molar-refractivity contribution in [2.45, 2.75) is 11.8 Å². The molecule has 1 N–H and O–H groups in total. The SMILES string of the molecule is CNC(=O)C(=O)N1CCC2(C1)CN(c1ncc(F)s1)c1ccc(C#N)cc12. The van der Waals surface area contributed by atoms with Gasteiger partial charge in [0.15, 0.2) is 10.3 Å². The standard InChI is InChI=1S/C18H16FN5O2S/c1-21-15(25)16(26)23-5-4-18(9-23)10-24(17-22-8-14(19)27-17)13-3-2-11(7-20)6-12(13)18/h2-3,6,8H,4-5,9-10H2,1H3,(H,21,25). The summed E-state index contributed by atoms with van der Waals surface area (Å²) in [5, 5.41) is 11.8. The average molecular weight is 385 g/mol. The summed E-state index contributed by atoms with van der Waals surface area (Å²) in [6, 6.07) is 7.53. The van der Waals surface area contributed by atoms with E-state index in [1.807, 2.05) is 17.0 Å². The fourth-order valence-electron chi connectivity index (χ4n) is 3.93. The van der Waals surface area contributed by atoms with Crippen LogP contribution in [0.4, 0.5) is 15.2 Å². The van der Waals surface area contributed by atoms with Crippen LogP contribution in [-0.2, 0) is 15.0 Å². The lowest BCUT2D eigenvalue weighted by molar-refractivity contribution is -0.145. The third kappa shape index (κ3) is 2.73. The first-order valence-corrected chi connectivity index (χ1v) is 9.23. The minimum absolute atomic E-state index is 0.367. The van der Waals surface area contributed by atoms with Crippen molar-refractivity contribution < 1.29 is 14.0 Å². The predicted octanol–water partition coefficient (Wildman–Crippen LogP) is 1.52. The van der Waals surface area contributed by atoms with E-state index in [4.69, 9.17) is 0 Å². The molecule has 1 spiro atoms. The minimum atomic E-state index is -0.644. The first kappa shape index (κ1) is 17.4. The Morgan fingerprint density at radius 1 is 1.41 bits per heavy atom. The van der Waals surface area contributed by atoms with Crippen molar-refractivity contribution in [3.63, 3.8) is 0 Å². The normalized spacial score (nSPS) is 20.6. The number of thiazole rings is 1. The molecule has 0 radical (unpaired) electrons. The maximum Gasteiger partial charge on any atom is 0.311 e. The number of likely N-dealkylation sites (N-methyl/N-ethyl adjacent to an activating group) is 1. The van der Waals surface area contributed by atoms with Crippen LogP contribution in [0.2, 0.25) is 0 Å². The molecule has 7 nitrogen and oxygen atoms in total. The lowest BCUT2D eigenvalue weighted by Crippen LogP contribution is -2.43. The number of nitriles is 1. The fourth-order valence-corrected chi connectivity index (χ4v) is 4.58. The molecule has 27 heavy (non-hydrogen) atoms. The first-order chi connectivity index (χ1) is 13.0. The summed E-state index contributed by atoms with van der Waals surface area (Å²) in [5.74, 6) is -1.21. The number of fused-ring (bicyclic) bond motifs is 2. The summed E-state index contributed by atoms with van der Waals surface area (Å²) in [6.07, 6.45) is 1.84. The fraction of sp³-hybridized carbons (Fsp3) is 0.333. The van der Waals surface area contributed by atoms with Crippen molar-refractivity contribution in [1.29, 1.82) is 5.26 Å². The summed E-state index contributed by atoms with van der Waals surface area (Å²) in [5.41, 5.74) is 1.90. The maximum atomic E-state index is 13.5. The number of halogens is 1. The van der Waals surface area contributed by atoms with Crippen LogP contribution in [0.25, 0.3) is 0 Å². The summed E-state index contributed by atoms with van der Waals surface area (Å²) < 4.78 is 13.5. The van der Waals surface area contributed by atoms with Gasteiger partial charge in [0.25, 0.3) is 0 Å². The van der Waals surface area contributed by atoms with Gasteiger partial charge in [-0.1, -0.05) is 11.3 Å². The Morgan fingerprint density at radius 3 is 2.89 bits per heavy atom. The molecule has 1 aromatic carbocycles. The van der Waals surface area contributed by atoms with Crippen LogP contribution < -0.4 is 10.2 Å². The van der Waals surface area contributed by atoms with Crippen LogP contribution in [-0.4, -0.2) is 48.4 Å². The number of nitrogens with zero attached hydrogens (tertiary/aromatic N) is 4. The third-order valence-electron chi connectivity index (χ3n) is 5.21. The van der Waals surface area contributed by atoms with Crippen LogP contribution in [0.15, 0.2) is 24.4 Å². The van der Waals surface area contributed by atoms with Gasteiger partial charge in [0.2, 0.25) is 0 Å². The van der Waals surface area contributed by atoms with Crippen molar-refractivity contribution in [2.24, 2.45) is 0 Å². The van der Waals surface area contributed by atoms with E-state index in [1.165, 1.54) is 18.1 Å². The number of amides is 2. The second-order valence-electron chi connectivity index (χ2n) is 6.71. The van der Waals surface area contributed by atoms with Gasteiger partial charge >= 0.3 is 11.8 Å². The summed E-state index contributed by atoms with van der Waals surface area (Å²) in [6.45, 7) is 1.33. The van der Waals surface area contributed by atoms with Crippen LogP contribution in [0, 0.1) is 16.5 Å². The topological polar surface area (TPSA) is 89.3 Å². The molecule has 4 rings (SSSR count). The molecule has 0 bridgehead atoms. The number of carbonyl (C=O) groups excluding carboxylic acids is 2. The van der Waals surface area contributed by atoms with E-state index in [1.54, 1.807) is 6.07 Å². The molecular formula is C18H16FN5O2S. The molecular weight excluding hydrogens is 369 g/mol. The molecule has 2 aromatic rings. The highest BCUT2D eigenvalue weighted by Crippen LogP contribution is 2.49. The van der Waals surface area contributed by atoms with E-state index < -0.39 is 17.2 Å². The molecule has 1 aromatic heterocycles. The quantitative estimate of drug-likeness (QED) is 0.752. The lowest BCUT2D eigenvalue weighted by atomic mass is 9.81. The van der Waals surface area contributed by atoms with Gasteiger partial charge in [-0.05, 0) is 30.2 Å². The smallest absolute Gasteiger partial charge is 0.311 e. The van der Waals surface area contributed by atoms with Gasteiger partial charge in [-0.25, -0.2) is 4.98 Å². The number of hydrogen-bond donors (Lipinski definition) is 1. The van der Waals surface area contributed by atoms with Gasteiger partial charge < -0.3 is 15.1 Å². The summed E-state index contributed by atoms with van der Waals surface area (Å²) >= 11 is 0.955. The van der Waals surface area contributed by atoms with Gasteiger partial charge in [-0.15, -0.1) is 0 Å². The molecule has 2 aliphatic rings. The van der Waals surface area contributed by atoms with Crippen molar-refractivity contribution in [1.82, 2.24) is 15.2 Å². The van der Waals surface area contributed by atoms with Crippen molar-refractivity contribution in [3.8, 4) is 6.07 Å². The lowest BCUT2D eigenvalue weighted by Gasteiger charge is -2.25. The number of nitrogens with one attached hydrogen (secondary N) is 1. The van der Waals surface area contributed by atoms with Crippen LogP contribution in [0.5, 0.6) is 0 Å². The molecule has 1 unspecified atom stereocenters. The Bertz CT molecular complexity index is 984. The van der Waals surface area contributed by atoms with Gasteiger partial charge in [0.05, 0.1) is 17.8 Å². The monoisotopic (exact) mass is 385 g/mol. The van der Waals surface area contributed by atoms with E-state index in [9.17, 15) is 19.2 Å². The third-order valence-corrected chi connectivity index (χ3v) is 6.02. The van der Waals surface area contributed by atoms with E-state index in [0.717, 1.165) is 22.6 Å². The summed E-state index contributed by atoms with van der Waals surface area (Å²) in [7, 11) is 1.43. The molecule has 1 fully saturated rings. The minimum Gasteiger partial charge on any atom is -0.351 e. The van der Waals surface area contributed by atoms with E-state index in [0.29, 0.717) is 36.8 Å². The Hall–Kier alpha value is -2.99. The molecule has 1 saturated heterocycles. The number of aromatic nitrogens is 1. The zero-order valence-electron chi connectivity index (χ0n) is 14.5. The number of anilines is 2.